The van der Waals surface area contributed by atoms with E-state index in [4.69, 9.17) is 11.6 Å². The summed E-state index contributed by atoms with van der Waals surface area (Å²) >= 11 is 5.80. The summed E-state index contributed by atoms with van der Waals surface area (Å²) in [5, 5.41) is 16.4. The van der Waals surface area contributed by atoms with Crippen LogP contribution in [0.3, 0.4) is 0 Å². The molecule has 0 atom stereocenters. The zero-order chi connectivity index (χ0) is 21.0. The zero-order valence-electron chi connectivity index (χ0n) is 14.5. The molecule has 150 valence electrons. The molecule has 3 rings (SSSR count). The van der Waals surface area contributed by atoms with Gasteiger partial charge in [-0.2, -0.15) is 4.80 Å². The number of hydrogen-bond acceptors (Lipinski definition) is 5. The smallest absolute Gasteiger partial charge is 0.244 e. The largest absolute Gasteiger partial charge is 0.345 e. The third-order valence-electron chi connectivity index (χ3n) is 3.60. The number of nitrogens with zero attached hydrogens (tertiary/aromatic N) is 4. The number of nitrogens with one attached hydrogen (secondary N) is 2. The average Bonchev–Trinajstić information content (AvgIpc) is 3.16. The summed E-state index contributed by atoms with van der Waals surface area (Å²) in [6, 6.07) is 8.21. The van der Waals surface area contributed by atoms with E-state index in [2.05, 4.69) is 20.7 Å². The molecule has 0 radical (unpaired) electrons. The first kappa shape index (κ1) is 20.3. The van der Waals surface area contributed by atoms with Gasteiger partial charge in [0.05, 0.1) is 12.2 Å². The van der Waals surface area contributed by atoms with Gasteiger partial charge < -0.3 is 10.6 Å². The van der Waals surface area contributed by atoms with Crippen molar-refractivity contribution in [1.29, 1.82) is 0 Å². The maximum Gasteiger partial charge on any atom is 0.244 e. The molecule has 1 aromatic heterocycles. The molecule has 0 bridgehead atoms. The lowest BCUT2D eigenvalue weighted by molar-refractivity contribution is -0.124. The Morgan fingerprint density at radius 1 is 1.00 bits per heavy atom. The lowest BCUT2D eigenvalue weighted by Crippen LogP contribution is -2.35. The van der Waals surface area contributed by atoms with Crippen molar-refractivity contribution < 1.29 is 22.8 Å². The maximum atomic E-state index is 13.5. The number of anilines is 1. The van der Waals surface area contributed by atoms with Gasteiger partial charge in [0.25, 0.3) is 0 Å². The van der Waals surface area contributed by atoms with Gasteiger partial charge in [-0.3, -0.25) is 9.59 Å². The number of carbonyl (C=O) groups excluding carboxylic acids is 2. The highest BCUT2D eigenvalue weighted by Crippen LogP contribution is 2.19. The van der Waals surface area contributed by atoms with Crippen molar-refractivity contribution in [2.75, 3.05) is 11.9 Å². The van der Waals surface area contributed by atoms with E-state index in [1.54, 1.807) is 24.3 Å². The maximum absolute atomic E-state index is 13.5. The molecule has 0 aliphatic rings. The SMILES string of the molecule is O=C(Cn1nnc(-c2ccc(Cl)cc2)n1)NCC(=O)Nc1ccc(F)c(F)c1F. The van der Waals surface area contributed by atoms with Gasteiger partial charge >= 0.3 is 0 Å². The average molecular weight is 425 g/mol. The minimum absolute atomic E-state index is 0.279. The van der Waals surface area contributed by atoms with Gasteiger partial charge in [-0.25, -0.2) is 13.2 Å². The quantitative estimate of drug-likeness (QED) is 0.590. The molecule has 8 nitrogen and oxygen atoms in total. The number of amides is 2. The van der Waals surface area contributed by atoms with E-state index in [1.807, 2.05) is 5.32 Å². The van der Waals surface area contributed by atoms with Crippen LogP contribution >= 0.6 is 11.6 Å². The van der Waals surface area contributed by atoms with Crippen LogP contribution in [0, 0.1) is 17.5 Å². The van der Waals surface area contributed by atoms with Crippen molar-refractivity contribution in [3.8, 4) is 11.4 Å². The van der Waals surface area contributed by atoms with Crippen molar-refractivity contribution in [3.05, 3.63) is 58.9 Å². The first-order chi connectivity index (χ1) is 13.8. The second-order valence-corrected chi connectivity index (χ2v) is 6.13. The van der Waals surface area contributed by atoms with Crippen LogP contribution in [0.2, 0.25) is 5.02 Å². The summed E-state index contributed by atoms with van der Waals surface area (Å²) in [6.07, 6.45) is 0. The predicted molar refractivity (Wildman–Crippen MR) is 96.2 cm³/mol. The molecule has 0 spiro atoms. The lowest BCUT2D eigenvalue weighted by atomic mass is 10.2. The van der Waals surface area contributed by atoms with Gasteiger partial charge in [0.2, 0.25) is 17.6 Å². The van der Waals surface area contributed by atoms with Crippen LogP contribution < -0.4 is 10.6 Å². The van der Waals surface area contributed by atoms with Crippen molar-refractivity contribution in [2.45, 2.75) is 6.54 Å². The summed E-state index contributed by atoms with van der Waals surface area (Å²) < 4.78 is 39.5. The number of halogens is 4. The standard InChI is InChI=1S/C17H12ClF3N6O2/c18-10-3-1-9(2-4-10)17-24-26-27(25-17)8-14(29)22-7-13(28)23-12-6-5-11(19)15(20)16(12)21/h1-6H,7-8H2,(H,22,29)(H,23,28). The highest BCUT2D eigenvalue weighted by molar-refractivity contribution is 6.30. The van der Waals surface area contributed by atoms with Crippen molar-refractivity contribution >= 4 is 29.1 Å². The predicted octanol–water partition coefficient (Wildman–Crippen LogP) is 2.17. The number of benzene rings is 2. The van der Waals surface area contributed by atoms with Crippen LogP contribution in [-0.2, 0) is 16.1 Å². The zero-order valence-corrected chi connectivity index (χ0v) is 15.3. The molecule has 2 amide bonds. The Morgan fingerprint density at radius 2 is 1.72 bits per heavy atom. The molecular weight excluding hydrogens is 413 g/mol. The Hall–Kier alpha value is -3.47. The Kier molecular flexibility index (Phi) is 6.07. The van der Waals surface area contributed by atoms with Crippen LogP contribution in [0.4, 0.5) is 18.9 Å². The summed E-state index contributed by atoms with van der Waals surface area (Å²) in [7, 11) is 0. The number of carbonyl (C=O) groups is 2. The van der Waals surface area contributed by atoms with Gasteiger partial charge in [0, 0.05) is 10.6 Å². The Morgan fingerprint density at radius 3 is 2.45 bits per heavy atom. The van der Waals surface area contributed by atoms with E-state index in [0.29, 0.717) is 16.7 Å². The summed E-state index contributed by atoms with van der Waals surface area (Å²) in [6.45, 7) is -0.858. The first-order valence-electron chi connectivity index (χ1n) is 8.07. The second kappa shape index (κ2) is 8.69. The first-order valence-corrected chi connectivity index (χ1v) is 8.45. The van der Waals surface area contributed by atoms with E-state index in [9.17, 15) is 22.8 Å². The molecule has 0 aliphatic heterocycles. The molecule has 2 N–H and O–H groups in total. The lowest BCUT2D eigenvalue weighted by Gasteiger charge is -2.08. The third kappa shape index (κ3) is 5.08. The van der Waals surface area contributed by atoms with Crippen LogP contribution in [0.1, 0.15) is 0 Å². The summed E-state index contributed by atoms with van der Waals surface area (Å²) in [5.74, 6) is -5.80. The van der Waals surface area contributed by atoms with Gasteiger partial charge in [0.1, 0.15) is 6.54 Å². The molecule has 0 aliphatic carbocycles. The van der Waals surface area contributed by atoms with Gasteiger partial charge in [-0.1, -0.05) is 11.6 Å². The molecule has 29 heavy (non-hydrogen) atoms. The fraction of sp³-hybridized carbons (Fsp3) is 0.118. The number of aromatic nitrogens is 4. The summed E-state index contributed by atoms with van der Waals surface area (Å²) in [5.41, 5.74) is 0.0997. The van der Waals surface area contributed by atoms with Crippen LogP contribution in [0.5, 0.6) is 0 Å². The second-order valence-electron chi connectivity index (χ2n) is 5.70. The summed E-state index contributed by atoms with van der Waals surface area (Å²) in [4.78, 5) is 24.7. The molecule has 1 heterocycles. The molecule has 0 fully saturated rings. The number of hydrogen-bond donors (Lipinski definition) is 2. The van der Waals surface area contributed by atoms with Crippen LogP contribution in [0.25, 0.3) is 11.4 Å². The van der Waals surface area contributed by atoms with E-state index < -0.39 is 41.5 Å². The highest BCUT2D eigenvalue weighted by atomic mass is 35.5. The number of rotatable bonds is 6. The topological polar surface area (TPSA) is 102 Å². The van der Waals surface area contributed by atoms with E-state index in [-0.39, 0.29) is 12.4 Å². The molecule has 2 aromatic carbocycles. The van der Waals surface area contributed by atoms with Crippen molar-refractivity contribution in [1.82, 2.24) is 25.5 Å². The monoisotopic (exact) mass is 424 g/mol. The minimum atomic E-state index is -1.71. The molecule has 0 saturated carbocycles. The van der Waals surface area contributed by atoms with Gasteiger partial charge in [-0.15, -0.1) is 10.2 Å². The Bertz CT molecular complexity index is 1060. The van der Waals surface area contributed by atoms with E-state index >= 15 is 0 Å². The number of tetrazole rings is 1. The molecule has 3 aromatic rings. The fourth-order valence-corrected chi connectivity index (χ4v) is 2.33. The molecule has 0 saturated heterocycles. The van der Waals surface area contributed by atoms with Crippen molar-refractivity contribution in [3.63, 3.8) is 0 Å². The molecule has 12 heteroatoms. The van der Waals surface area contributed by atoms with Crippen LogP contribution in [-0.4, -0.2) is 38.6 Å². The van der Waals surface area contributed by atoms with Gasteiger partial charge in [0.15, 0.2) is 17.5 Å². The highest BCUT2D eigenvalue weighted by Gasteiger charge is 2.16. The fourth-order valence-electron chi connectivity index (χ4n) is 2.20. The van der Waals surface area contributed by atoms with Crippen LogP contribution in [0.15, 0.2) is 36.4 Å². The van der Waals surface area contributed by atoms with E-state index in [0.717, 1.165) is 10.9 Å². The molecular formula is C17H12ClF3N6O2. The Labute approximate surface area is 166 Å². The normalized spacial score (nSPS) is 10.6. The van der Waals surface area contributed by atoms with E-state index in [1.165, 1.54) is 0 Å². The third-order valence-corrected chi connectivity index (χ3v) is 3.85. The van der Waals surface area contributed by atoms with Crippen molar-refractivity contribution in [2.24, 2.45) is 0 Å². The molecule has 0 unspecified atom stereocenters. The van der Waals surface area contributed by atoms with Gasteiger partial charge in [-0.05, 0) is 41.6 Å². The minimum Gasteiger partial charge on any atom is -0.345 e. The Balaban J connectivity index is 1.52.